The third-order valence-electron chi connectivity index (χ3n) is 3.86. The number of aromatic nitrogens is 3. The normalized spacial score (nSPS) is 12.5. The van der Waals surface area contributed by atoms with Gasteiger partial charge in [0.05, 0.1) is 23.7 Å². The van der Waals surface area contributed by atoms with Crippen LogP contribution in [0, 0.1) is 0 Å². The molecule has 0 unspecified atom stereocenters. The largest absolute Gasteiger partial charge is 0.386 e. The number of aliphatic hydroxyl groups excluding tert-OH is 1. The molecule has 0 radical (unpaired) electrons. The molecule has 8 nitrogen and oxygen atoms in total. The molecule has 140 valence electrons. The minimum absolute atomic E-state index is 0.0856. The first-order chi connectivity index (χ1) is 12.8. The van der Waals surface area contributed by atoms with E-state index in [0.29, 0.717) is 5.69 Å². The summed E-state index contributed by atoms with van der Waals surface area (Å²) >= 11 is 0. The molecule has 0 bridgehead atoms. The highest BCUT2D eigenvalue weighted by atomic mass is 32.2. The lowest BCUT2D eigenvalue weighted by atomic mass is 10.1. The van der Waals surface area contributed by atoms with Gasteiger partial charge in [0.15, 0.2) is 15.5 Å². The van der Waals surface area contributed by atoms with Gasteiger partial charge in [-0.1, -0.05) is 35.5 Å². The van der Waals surface area contributed by atoms with Crippen LogP contribution in [0.1, 0.15) is 22.2 Å². The standard InChI is InChI=1S/C18H18N4O4S/c1-27(25,26)15-9-7-14(8-10-15)19-18(24)16-11-22(21-20-16)12-17(23)13-5-3-2-4-6-13/h2-11,17,23H,12H2,1H3,(H,19,24)/t17-/m1/s1. The fourth-order valence-electron chi connectivity index (χ4n) is 2.43. The van der Waals surface area contributed by atoms with Gasteiger partial charge in [0.1, 0.15) is 0 Å². The van der Waals surface area contributed by atoms with Crippen molar-refractivity contribution in [2.75, 3.05) is 11.6 Å². The lowest BCUT2D eigenvalue weighted by Gasteiger charge is -2.09. The SMILES string of the molecule is CS(=O)(=O)c1ccc(NC(=O)c2cn(C[C@@H](O)c3ccccc3)nn2)cc1. The Bertz CT molecular complexity index is 1030. The summed E-state index contributed by atoms with van der Waals surface area (Å²) in [6, 6.07) is 14.9. The molecule has 0 aliphatic heterocycles. The monoisotopic (exact) mass is 386 g/mol. The minimum atomic E-state index is -3.29. The van der Waals surface area contributed by atoms with E-state index in [-0.39, 0.29) is 17.1 Å². The van der Waals surface area contributed by atoms with Crippen LogP contribution in [0.4, 0.5) is 5.69 Å². The summed E-state index contributed by atoms with van der Waals surface area (Å²) in [7, 11) is -3.29. The summed E-state index contributed by atoms with van der Waals surface area (Å²) in [6.45, 7) is 0.160. The van der Waals surface area contributed by atoms with Gasteiger partial charge in [0, 0.05) is 11.9 Å². The Morgan fingerprint density at radius 2 is 1.81 bits per heavy atom. The van der Waals surface area contributed by atoms with Gasteiger partial charge in [0.2, 0.25) is 0 Å². The zero-order valence-electron chi connectivity index (χ0n) is 14.5. The van der Waals surface area contributed by atoms with Crippen LogP contribution in [-0.2, 0) is 16.4 Å². The van der Waals surface area contributed by atoms with E-state index in [1.165, 1.54) is 35.1 Å². The smallest absolute Gasteiger partial charge is 0.277 e. The molecule has 1 atom stereocenters. The third kappa shape index (κ3) is 4.78. The quantitative estimate of drug-likeness (QED) is 0.666. The Kier molecular flexibility index (Phi) is 5.33. The molecule has 0 fully saturated rings. The first-order valence-electron chi connectivity index (χ1n) is 8.07. The van der Waals surface area contributed by atoms with E-state index < -0.39 is 21.8 Å². The number of benzene rings is 2. The molecule has 2 aromatic carbocycles. The molecule has 0 aliphatic carbocycles. The van der Waals surface area contributed by atoms with E-state index >= 15 is 0 Å². The van der Waals surface area contributed by atoms with Crippen LogP contribution in [0.25, 0.3) is 0 Å². The maximum absolute atomic E-state index is 12.3. The average Bonchev–Trinajstić information content (AvgIpc) is 3.11. The van der Waals surface area contributed by atoms with Crippen molar-refractivity contribution >= 4 is 21.4 Å². The Hall–Kier alpha value is -3.04. The summed E-state index contributed by atoms with van der Waals surface area (Å²) in [5, 5.41) is 20.5. The lowest BCUT2D eigenvalue weighted by Crippen LogP contribution is -2.12. The van der Waals surface area contributed by atoms with Gasteiger partial charge in [0.25, 0.3) is 5.91 Å². The van der Waals surface area contributed by atoms with Crippen molar-refractivity contribution in [1.82, 2.24) is 15.0 Å². The minimum Gasteiger partial charge on any atom is -0.386 e. The van der Waals surface area contributed by atoms with Gasteiger partial charge in [-0.2, -0.15) is 0 Å². The fourth-order valence-corrected chi connectivity index (χ4v) is 3.06. The number of nitrogens with zero attached hydrogens (tertiary/aromatic N) is 3. The number of amides is 1. The molecule has 27 heavy (non-hydrogen) atoms. The zero-order chi connectivity index (χ0) is 19.4. The molecule has 0 saturated carbocycles. The van der Waals surface area contributed by atoms with Gasteiger partial charge in [-0.25, -0.2) is 13.1 Å². The predicted molar refractivity (Wildman–Crippen MR) is 98.9 cm³/mol. The van der Waals surface area contributed by atoms with Gasteiger partial charge < -0.3 is 10.4 Å². The van der Waals surface area contributed by atoms with Crippen molar-refractivity contribution in [1.29, 1.82) is 0 Å². The van der Waals surface area contributed by atoms with Crippen molar-refractivity contribution in [2.45, 2.75) is 17.5 Å². The third-order valence-corrected chi connectivity index (χ3v) is 4.98. The maximum atomic E-state index is 12.3. The molecule has 0 saturated heterocycles. The van der Waals surface area contributed by atoms with Gasteiger partial charge >= 0.3 is 0 Å². The van der Waals surface area contributed by atoms with Gasteiger partial charge in [-0.15, -0.1) is 5.10 Å². The Morgan fingerprint density at radius 1 is 1.15 bits per heavy atom. The molecule has 3 rings (SSSR count). The highest BCUT2D eigenvalue weighted by Gasteiger charge is 2.14. The molecular formula is C18H18N4O4S. The second-order valence-corrected chi connectivity index (χ2v) is 8.02. The van der Waals surface area contributed by atoms with E-state index in [2.05, 4.69) is 15.6 Å². The van der Waals surface area contributed by atoms with E-state index in [1.807, 2.05) is 18.2 Å². The van der Waals surface area contributed by atoms with E-state index in [4.69, 9.17) is 0 Å². The average molecular weight is 386 g/mol. The number of carbonyl (C=O) groups excluding carboxylic acids is 1. The Labute approximate surface area is 156 Å². The fraction of sp³-hybridized carbons (Fsp3) is 0.167. The van der Waals surface area contributed by atoms with Crippen molar-refractivity contribution in [3.8, 4) is 0 Å². The van der Waals surface area contributed by atoms with Crippen LogP contribution in [0.15, 0.2) is 65.7 Å². The summed E-state index contributed by atoms with van der Waals surface area (Å²) in [5.74, 6) is -0.484. The van der Waals surface area contributed by atoms with Crippen LogP contribution < -0.4 is 5.32 Å². The molecule has 1 heterocycles. The molecule has 0 aliphatic rings. The summed E-state index contributed by atoms with van der Waals surface area (Å²) in [4.78, 5) is 12.4. The number of rotatable bonds is 6. The number of carbonyl (C=O) groups is 1. The first-order valence-corrected chi connectivity index (χ1v) is 9.97. The van der Waals surface area contributed by atoms with E-state index in [0.717, 1.165) is 11.8 Å². The molecule has 3 aromatic rings. The molecule has 9 heteroatoms. The van der Waals surface area contributed by atoms with Crippen LogP contribution in [0.3, 0.4) is 0 Å². The lowest BCUT2D eigenvalue weighted by molar-refractivity contribution is 0.102. The highest BCUT2D eigenvalue weighted by Crippen LogP contribution is 2.16. The van der Waals surface area contributed by atoms with Crippen molar-refractivity contribution in [3.05, 3.63) is 72.1 Å². The number of hydrogen-bond acceptors (Lipinski definition) is 6. The van der Waals surface area contributed by atoms with Crippen LogP contribution in [-0.4, -0.2) is 40.7 Å². The number of aliphatic hydroxyl groups is 1. The molecular weight excluding hydrogens is 368 g/mol. The van der Waals surface area contributed by atoms with Crippen LogP contribution in [0.2, 0.25) is 0 Å². The van der Waals surface area contributed by atoms with E-state index in [9.17, 15) is 18.3 Å². The first kappa shape index (κ1) is 18.7. The number of sulfone groups is 1. The second kappa shape index (κ2) is 7.68. The predicted octanol–water partition coefficient (Wildman–Crippen LogP) is 1.67. The summed E-state index contributed by atoms with van der Waals surface area (Å²) in [5.41, 5.74) is 1.26. The number of hydrogen-bond donors (Lipinski definition) is 2. The second-order valence-electron chi connectivity index (χ2n) is 6.00. The van der Waals surface area contributed by atoms with Crippen molar-refractivity contribution < 1.29 is 18.3 Å². The van der Waals surface area contributed by atoms with Gasteiger partial charge in [-0.05, 0) is 29.8 Å². The maximum Gasteiger partial charge on any atom is 0.277 e. The highest BCUT2D eigenvalue weighted by molar-refractivity contribution is 7.90. The topological polar surface area (TPSA) is 114 Å². The molecule has 1 aromatic heterocycles. The van der Waals surface area contributed by atoms with Crippen LogP contribution in [0.5, 0.6) is 0 Å². The summed E-state index contributed by atoms with van der Waals surface area (Å²) in [6.07, 6.45) is 1.78. The Morgan fingerprint density at radius 3 is 2.44 bits per heavy atom. The Balaban J connectivity index is 1.64. The zero-order valence-corrected chi connectivity index (χ0v) is 15.3. The van der Waals surface area contributed by atoms with Crippen LogP contribution >= 0.6 is 0 Å². The van der Waals surface area contributed by atoms with Crippen molar-refractivity contribution in [2.24, 2.45) is 0 Å². The number of nitrogens with one attached hydrogen (secondary N) is 1. The van der Waals surface area contributed by atoms with Crippen molar-refractivity contribution in [3.63, 3.8) is 0 Å². The molecule has 1 amide bonds. The summed E-state index contributed by atoms with van der Waals surface area (Å²) < 4.78 is 24.3. The molecule has 2 N–H and O–H groups in total. The number of anilines is 1. The van der Waals surface area contributed by atoms with Gasteiger partial charge in [-0.3, -0.25) is 4.79 Å². The molecule has 0 spiro atoms. The van der Waals surface area contributed by atoms with E-state index in [1.54, 1.807) is 12.1 Å².